The van der Waals surface area contributed by atoms with E-state index in [-0.39, 0.29) is 5.91 Å². The van der Waals surface area contributed by atoms with Gasteiger partial charge in [0, 0.05) is 17.8 Å². The van der Waals surface area contributed by atoms with E-state index < -0.39 is 0 Å². The molecule has 3 rings (SSSR count). The Bertz CT molecular complexity index is 632. The average molecular weight is 250 g/mol. The van der Waals surface area contributed by atoms with Gasteiger partial charge in [0.1, 0.15) is 5.71 Å². The highest BCUT2D eigenvalue weighted by Gasteiger charge is 2.19. The molecule has 0 bridgehead atoms. The van der Waals surface area contributed by atoms with Crippen LogP contribution in [0.1, 0.15) is 11.1 Å². The van der Waals surface area contributed by atoms with Crippen molar-refractivity contribution in [3.8, 4) is 0 Å². The van der Waals surface area contributed by atoms with Crippen molar-refractivity contribution in [1.82, 2.24) is 0 Å². The summed E-state index contributed by atoms with van der Waals surface area (Å²) in [6.07, 6.45) is 0.901. The Labute approximate surface area is 112 Å². The van der Waals surface area contributed by atoms with Crippen LogP contribution in [0, 0.1) is 0 Å². The predicted octanol–water partition coefficient (Wildman–Crippen LogP) is 2.67. The molecule has 94 valence electrons. The molecule has 1 N–H and O–H groups in total. The van der Waals surface area contributed by atoms with Crippen LogP contribution in [0.5, 0.6) is 0 Å². The maximum Gasteiger partial charge on any atom is 0.274 e. The first kappa shape index (κ1) is 11.7. The highest BCUT2D eigenvalue weighted by Crippen LogP contribution is 2.17. The van der Waals surface area contributed by atoms with Gasteiger partial charge in [-0.05, 0) is 24.1 Å². The minimum atomic E-state index is -0.140. The van der Waals surface area contributed by atoms with Crippen molar-refractivity contribution in [2.75, 3.05) is 11.9 Å². The molecule has 2 aromatic rings. The zero-order valence-electron chi connectivity index (χ0n) is 10.5. The van der Waals surface area contributed by atoms with Crippen LogP contribution in [0.3, 0.4) is 0 Å². The molecule has 1 amide bonds. The number of hydrogen-bond donors (Lipinski definition) is 1. The summed E-state index contributed by atoms with van der Waals surface area (Å²) < 4.78 is 0. The van der Waals surface area contributed by atoms with Crippen LogP contribution < -0.4 is 5.32 Å². The molecule has 0 aliphatic carbocycles. The molecular weight excluding hydrogens is 236 g/mol. The Hall–Kier alpha value is -2.42. The molecule has 1 aliphatic heterocycles. The monoisotopic (exact) mass is 250 g/mol. The Morgan fingerprint density at radius 2 is 1.74 bits per heavy atom. The normalized spacial score (nSPS) is 13.4. The SMILES string of the molecule is O=C(Nc1ccccc1)C1=NCCc2ccccc21. The fourth-order valence-electron chi connectivity index (χ4n) is 2.25. The number of aliphatic imine (C=N–C) groups is 1. The average Bonchev–Trinajstić information content (AvgIpc) is 2.47. The minimum absolute atomic E-state index is 0.140. The lowest BCUT2D eigenvalue weighted by Gasteiger charge is -2.16. The maximum absolute atomic E-state index is 12.3. The summed E-state index contributed by atoms with van der Waals surface area (Å²) in [6, 6.07) is 17.4. The van der Waals surface area contributed by atoms with Crippen LogP contribution in [0.2, 0.25) is 0 Å². The van der Waals surface area contributed by atoms with Crippen molar-refractivity contribution < 1.29 is 4.79 Å². The van der Waals surface area contributed by atoms with Crippen molar-refractivity contribution in [3.05, 3.63) is 65.7 Å². The lowest BCUT2D eigenvalue weighted by molar-refractivity contribution is -0.110. The maximum atomic E-state index is 12.3. The first-order chi connectivity index (χ1) is 9.34. The van der Waals surface area contributed by atoms with Gasteiger partial charge in [-0.2, -0.15) is 0 Å². The summed E-state index contributed by atoms with van der Waals surface area (Å²) in [6.45, 7) is 0.675. The van der Waals surface area contributed by atoms with Gasteiger partial charge in [0.15, 0.2) is 0 Å². The third kappa shape index (κ3) is 2.40. The lowest BCUT2D eigenvalue weighted by Crippen LogP contribution is -2.27. The van der Waals surface area contributed by atoms with E-state index in [4.69, 9.17) is 0 Å². The van der Waals surface area contributed by atoms with Crippen molar-refractivity contribution in [1.29, 1.82) is 0 Å². The van der Waals surface area contributed by atoms with Gasteiger partial charge in [-0.15, -0.1) is 0 Å². The number of carbonyl (C=O) groups excluding carboxylic acids is 1. The van der Waals surface area contributed by atoms with Crippen LogP contribution >= 0.6 is 0 Å². The second-order valence-corrected chi connectivity index (χ2v) is 4.46. The molecule has 0 saturated heterocycles. The van der Waals surface area contributed by atoms with Gasteiger partial charge in [-0.3, -0.25) is 9.79 Å². The van der Waals surface area contributed by atoms with E-state index in [2.05, 4.69) is 16.4 Å². The summed E-state index contributed by atoms with van der Waals surface area (Å²) in [5.74, 6) is -0.140. The Kier molecular flexibility index (Phi) is 3.11. The Morgan fingerprint density at radius 3 is 2.58 bits per heavy atom. The highest BCUT2D eigenvalue weighted by molar-refractivity contribution is 6.49. The number of rotatable bonds is 2. The topological polar surface area (TPSA) is 41.5 Å². The summed E-state index contributed by atoms with van der Waals surface area (Å²) in [5, 5.41) is 2.88. The highest BCUT2D eigenvalue weighted by atomic mass is 16.1. The molecule has 2 aromatic carbocycles. The first-order valence-electron chi connectivity index (χ1n) is 6.34. The number of carbonyl (C=O) groups is 1. The summed E-state index contributed by atoms with van der Waals surface area (Å²) in [5.41, 5.74) is 3.46. The number of anilines is 1. The van der Waals surface area contributed by atoms with Gasteiger partial charge in [0.2, 0.25) is 0 Å². The molecule has 19 heavy (non-hydrogen) atoms. The van der Waals surface area contributed by atoms with Gasteiger partial charge in [-0.25, -0.2) is 0 Å². The fourth-order valence-corrected chi connectivity index (χ4v) is 2.25. The number of benzene rings is 2. The van der Waals surface area contributed by atoms with Crippen molar-refractivity contribution in [2.24, 2.45) is 4.99 Å². The fraction of sp³-hybridized carbons (Fsp3) is 0.125. The Morgan fingerprint density at radius 1 is 1.00 bits per heavy atom. The molecule has 0 spiro atoms. The van der Waals surface area contributed by atoms with Crippen LogP contribution in [0.25, 0.3) is 0 Å². The predicted molar refractivity (Wildman–Crippen MR) is 76.6 cm³/mol. The van der Waals surface area contributed by atoms with Crippen LogP contribution in [0.4, 0.5) is 5.69 Å². The number of nitrogens with zero attached hydrogens (tertiary/aromatic N) is 1. The van der Waals surface area contributed by atoms with E-state index in [1.807, 2.05) is 48.5 Å². The van der Waals surface area contributed by atoms with Crippen molar-refractivity contribution in [3.63, 3.8) is 0 Å². The van der Waals surface area contributed by atoms with E-state index >= 15 is 0 Å². The molecule has 0 radical (unpaired) electrons. The molecule has 0 atom stereocenters. The number of fused-ring (bicyclic) bond motifs is 1. The minimum Gasteiger partial charge on any atom is -0.321 e. The lowest BCUT2D eigenvalue weighted by atomic mass is 9.97. The number of amides is 1. The summed E-state index contributed by atoms with van der Waals surface area (Å²) in [7, 11) is 0. The smallest absolute Gasteiger partial charge is 0.274 e. The van der Waals surface area contributed by atoms with E-state index in [1.54, 1.807) is 0 Å². The first-order valence-corrected chi connectivity index (χ1v) is 6.34. The molecule has 1 aliphatic rings. The van der Waals surface area contributed by atoms with Crippen LogP contribution in [-0.4, -0.2) is 18.2 Å². The summed E-state index contributed by atoms with van der Waals surface area (Å²) in [4.78, 5) is 16.7. The van der Waals surface area contributed by atoms with Crippen molar-refractivity contribution in [2.45, 2.75) is 6.42 Å². The second-order valence-electron chi connectivity index (χ2n) is 4.46. The molecule has 0 saturated carbocycles. The van der Waals surface area contributed by atoms with Gasteiger partial charge in [-0.1, -0.05) is 42.5 Å². The zero-order valence-corrected chi connectivity index (χ0v) is 10.5. The van der Waals surface area contributed by atoms with Gasteiger partial charge in [0.25, 0.3) is 5.91 Å². The van der Waals surface area contributed by atoms with E-state index in [1.165, 1.54) is 5.56 Å². The molecule has 3 nitrogen and oxygen atoms in total. The second kappa shape index (κ2) is 5.06. The van der Waals surface area contributed by atoms with E-state index in [0.29, 0.717) is 12.3 Å². The standard InChI is InChI=1S/C16H14N2O/c19-16(18-13-7-2-1-3-8-13)15-14-9-5-4-6-12(14)10-11-17-15/h1-9H,10-11H2,(H,18,19). The molecule has 3 heteroatoms. The quantitative estimate of drug-likeness (QED) is 0.874. The van der Waals surface area contributed by atoms with Crippen LogP contribution in [-0.2, 0) is 11.2 Å². The van der Waals surface area contributed by atoms with Crippen LogP contribution in [0.15, 0.2) is 59.6 Å². The molecule has 0 fully saturated rings. The molecule has 1 heterocycles. The molecule has 0 aromatic heterocycles. The van der Waals surface area contributed by atoms with Gasteiger partial charge >= 0.3 is 0 Å². The number of hydrogen-bond acceptors (Lipinski definition) is 2. The Balaban J connectivity index is 1.87. The van der Waals surface area contributed by atoms with E-state index in [0.717, 1.165) is 17.7 Å². The third-order valence-corrected chi connectivity index (χ3v) is 3.17. The molecular formula is C16H14N2O. The van der Waals surface area contributed by atoms with Crippen molar-refractivity contribution >= 4 is 17.3 Å². The number of nitrogens with one attached hydrogen (secondary N) is 1. The largest absolute Gasteiger partial charge is 0.321 e. The third-order valence-electron chi connectivity index (χ3n) is 3.17. The van der Waals surface area contributed by atoms with Gasteiger partial charge < -0.3 is 5.32 Å². The van der Waals surface area contributed by atoms with E-state index in [9.17, 15) is 4.79 Å². The summed E-state index contributed by atoms with van der Waals surface area (Å²) >= 11 is 0. The van der Waals surface area contributed by atoms with Gasteiger partial charge in [0.05, 0.1) is 0 Å². The molecule has 0 unspecified atom stereocenters. The zero-order chi connectivity index (χ0) is 13.1. The number of para-hydroxylation sites is 1.